The zero-order valence-corrected chi connectivity index (χ0v) is 25.8. The van der Waals surface area contributed by atoms with Gasteiger partial charge in [0.2, 0.25) is 16.0 Å². The largest absolute Gasteiger partial charge is 0.497 e. The molecule has 8 nitrogen and oxygen atoms in total. The van der Waals surface area contributed by atoms with Gasteiger partial charge in [0.25, 0.3) is 0 Å². The van der Waals surface area contributed by atoms with E-state index in [0.717, 1.165) is 67.7 Å². The molecule has 0 unspecified atom stereocenters. The Bertz CT molecular complexity index is 1590. The molecule has 3 aromatic carbocycles. The van der Waals surface area contributed by atoms with E-state index in [1.54, 1.807) is 7.11 Å². The molecule has 0 atom stereocenters. The van der Waals surface area contributed by atoms with Gasteiger partial charge in [0.15, 0.2) is 0 Å². The minimum absolute atomic E-state index is 0.0860. The molecule has 0 bridgehead atoms. The van der Waals surface area contributed by atoms with Gasteiger partial charge in [0.05, 0.1) is 17.5 Å². The van der Waals surface area contributed by atoms with Crippen LogP contribution >= 0.6 is 23.2 Å². The summed E-state index contributed by atoms with van der Waals surface area (Å²) in [7, 11) is -2.00. The van der Waals surface area contributed by atoms with Crippen molar-refractivity contribution in [3.63, 3.8) is 0 Å². The summed E-state index contributed by atoms with van der Waals surface area (Å²) in [5, 5.41) is 8.53. The molecule has 3 N–H and O–H groups in total. The van der Waals surface area contributed by atoms with E-state index < -0.39 is 10.0 Å². The Hall–Kier alpha value is -3.11. The predicted molar refractivity (Wildman–Crippen MR) is 170 cm³/mol. The number of rotatable bonds is 12. The highest BCUT2D eigenvalue weighted by Gasteiger charge is 2.24. The lowest BCUT2D eigenvalue weighted by Crippen LogP contribution is -2.32. The lowest BCUT2D eigenvalue weighted by Gasteiger charge is -2.28. The summed E-state index contributed by atoms with van der Waals surface area (Å²) in [5.74, 6) is 3.02. The molecule has 0 saturated heterocycles. The molecule has 4 aromatic rings. The first-order valence-electron chi connectivity index (χ1n) is 14.1. The van der Waals surface area contributed by atoms with E-state index >= 15 is 0 Å². The summed E-state index contributed by atoms with van der Waals surface area (Å²) >= 11 is 12.0. The van der Waals surface area contributed by atoms with Crippen molar-refractivity contribution in [3.8, 4) is 5.75 Å². The zero-order valence-electron chi connectivity index (χ0n) is 23.4. The fourth-order valence-electron chi connectivity index (χ4n) is 5.28. The lowest BCUT2D eigenvalue weighted by molar-refractivity contribution is 0.284. The molecule has 1 heterocycles. The third-order valence-corrected chi connectivity index (χ3v) is 9.53. The standard InChI is InChI=1S/C31H35Cl2N5O3S/c1-41-26-12-10-21(11-13-26)14-15-34-30-28-4-2-3-5-29(28)37-31(38-30)35-19-22-6-8-23(9-7-22)20-36-42(39,40)27-17-24(32)16-25(33)18-27/h2-5,10-13,16-18,22-23,36H,6-9,14-15,19-20H2,1H3,(H2,34,35,37,38)/t22-,23-. The summed E-state index contributed by atoms with van der Waals surface area (Å²) in [6.07, 6.45) is 4.76. The van der Waals surface area contributed by atoms with Crippen LogP contribution in [0.4, 0.5) is 11.8 Å². The molecule has 222 valence electrons. The number of para-hydroxylation sites is 1. The molecule has 1 fully saturated rings. The highest BCUT2D eigenvalue weighted by Crippen LogP contribution is 2.30. The topological polar surface area (TPSA) is 105 Å². The minimum atomic E-state index is -3.67. The van der Waals surface area contributed by atoms with Crippen LogP contribution in [0.15, 0.2) is 71.6 Å². The van der Waals surface area contributed by atoms with Crippen LogP contribution in [-0.2, 0) is 16.4 Å². The molecule has 0 amide bonds. The predicted octanol–water partition coefficient (Wildman–Crippen LogP) is 6.80. The molecule has 1 saturated carbocycles. The van der Waals surface area contributed by atoms with Crippen LogP contribution in [0.25, 0.3) is 10.9 Å². The number of ether oxygens (including phenoxy) is 1. The number of methoxy groups -OCH3 is 1. The molecule has 1 aliphatic carbocycles. The highest BCUT2D eigenvalue weighted by molar-refractivity contribution is 7.89. The van der Waals surface area contributed by atoms with Crippen LogP contribution in [-0.4, -0.2) is 45.1 Å². The number of nitrogens with one attached hydrogen (secondary N) is 3. The van der Waals surface area contributed by atoms with Crippen LogP contribution in [0.1, 0.15) is 31.2 Å². The Morgan fingerprint density at radius 2 is 1.52 bits per heavy atom. The van der Waals surface area contributed by atoms with Crippen molar-refractivity contribution >= 4 is 55.9 Å². The Balaban J connectivity index is 1.12. The first-order chi connectivity index (χ1) is 20.3. The quantitative estimate of drug-likeness (QED) is 0.159. The van der Waals surface area contributed by atoms with Gasteiger partial charge in [-0.25, -0.2) is 18.1 Å². The molecule has 0 aliphatic heterocycles. The maximum atomic E-state index is 12.7. The molecule has 1 aliphatic rings. The average Bonchev–Trinajstić information content (AvgIpc) is 2.99. The molecule has 0 spiro atoms. The highest BCUT2D eigenvalue weighted by atomic mass is 35.5. The van der Waals surface area contributed by atoms with Crippen LogP contribution in [0.3, 0.4) is 0 Å². The fourth-order valence-corrected chi connectivity index (χ4v) is 7.12. The molecule has 0 radical (unpaired) electrons. The van der Waals surface area contributed by atoms with Crippen molar-refractivity contribution in [2.45, 2.75) is 37.0 Å². The normalized spacial score (nSPS) is 17.2. The SMILES string of the molecule is COc1ccc(CCNc2nc(NC[C@H]3CC[C@H](CNS(=O)(=O)c4cc(Cl)cc(Cl)c4)CC3)nc3ccccc23)cc1. The minimum Gasteiger partial charge on any atom is -0.497 e. The van der Waals surface area contributed by atoms with Gasteiger partial charge >= 0.3 is 0 Å². The van der Waals surface area contributed by atoms with Gasteiger partial charge in [-0.15, -0.1) is 0 Å². The van der Waals surface area contributed by atoms with E-state index in [0.29, 0.717) is 28.5 Å². The van der Waals surface area contributed by atoms with E-state index in [-0.39, 0.29) is 10.8 Å². The van der Waals surface area contributed by atoms with Crippen LogP contribution < -0.4 is 20.1 Å². The number of nitrogens with zero attached hydrogens (tertiary/aromatic N) is 2. The number of aromatic nitrogens is 2. The number of sulfonamides is 1. The van der Waals surface area contributed by atoms with Gasteiger partial charge in [-0.1, -0.05) is 47.5 Å². The van der Waals surface area contributed by atoms with Crippen LogP contribution in [0.5, 0.6) is 5.75 Å². The third kappa shape index (κ3) is 8.04. The average molecular weight is 629 g/mol. The Morgan fingerprint density at radius 3 is 2.21 bits per heavy atom. The van der Waals surface area contributed by atoms with Gasteiger partial charge in [-0.05, 0) is 92.0 Å². The summed E-state index contributed by atoms with van der Waals surface area (Å²) in [6.45, 7) is 1.90. The van der Waals surface area contributed by atoms with Crippen molar-refractivity contribution in [2.24, 2.45) is 11.8 Å². The van der Waals surface area contributed by atoms with Gasteiger partial charge in [0, 0.05) is 35.1 Å². The van der Waals surface area contributed by atoms with E-state index in [9.17, 15) is 8.42 Å². The first kappa shape index (κ1) is 30.4. The van der Waals surface area contributed by atoms with Gasteiger partial charge in [0.1, 0.15) is 11.6 Å². The third-order valence-electron chi connectivity index (χ3n) is 7.69. The van der Waals surface area contributed by atoms with E-state index in [1.165, 1.54) is 23.8 Å². The van der Waals surface area contributed by atoms with Gasteiger partial charge < -0.3 is 15.4 Å². The second kappa shape index (κ2) is 13.9. The number of halogens is 2. The summed E-state index contributed by atoms with van der Waals surface area (Å²) in [4.78, 5) is 9.64. The van der Waals surface area contributed by atoms with Crippen molar-refractivity contribution < 1.29 is 13.2 Å². The monoisotopic (exact) mass is 627 g/mol. The molecule has 5 rings (SSSR count). The smallest absolute Gasteiger partial charge is 0.240 e. The van der Waals surface area contributed by atoms with E-state index in [4.69, 9.17) is 37.9 Å². The molecule has 11 heteroatoms. The maximum Gasteiger partial charge on any atom is 0.240 e. The Labute approximate surface area is 257 Å². The molecular formula is C31H35Cl2N5O3S. The van der Waals surface area contributed by atoms with Crippen LogP contribution in [0.2, 0.25) is 10.0 Å². The lowest BCUT2D eigenvalue weighted by atomic mass is 9.82. The van der Waals surface area contributed by atoms with Crippen molar-refractivity contribution in [2.75, 3.05) is 37.4 Å². The number of hydrogen-bond acceptors (Lipinski definition) is 7. The van der Waals surface area contributed by atoms with E-state index in [2.05, 4.69) is 27.5 Å². The maximum absolute atomic E-state index is 12.7. The van der Waals surface area contributed by atoms with E-state index in [1.807, 2.05) is 36.4 Å². The number of fused-ring (bicyclic) bond motifs is 1. The van der Waals surface area contributed by atoms with Gasteiger partial charge in [-0.3, -0.25) is 0 Å². The summed E-state index contributed by atoms with van der Waals surface area (Å²) in [5.41, 5.74) is 2.11. The fraction of sp³-hybridized carbons (Fsp3) is 0.355. The van der Waals surface area contributed by atoms with Crippen molar-refractivity contribution in [1.29, 1.82) is 0 Å². The zero-order chi connectivity index (χ0) is 29.5. The molecule has 42 heavy (non-hydrogen) atoms. The van der Waals surface area contributed by atoms with Gasteiger partial charge in [-0.2, -0.15) is 4.98 Å². The molecular weight excluding hydrogens is 593 g/mol. The molecule has 1 aromatic heterocycles. The Morgan fingerprint density at radius 1 is 0.857 bits per heavy atom. The first-order valence-corrected chi connectivity index (χ1v) is 16.4. The number of anilines is 2. The summed E-state index contributed by atoms with van der Waals surface area (Å²) in [6, 6.07) is 20.4. The Kier molecular flexibility index (Phi) is 10.1. The van der Waals surface area contributed by atoms with Crippen LogP contribution in [0, 0.1) is 11.8 Å². The number of benzene rings is 3. The van der Waals surface area contributed by atoms with Crippen molar-refractivity contribution in [3.05, 3.63) is 82.3 Å². The second-order valence-electron chi connectivity index (χ2n) is 10.7. The summed E-state index contributed by atoms with van der Waals surface area (Å²) < 4.78 is 33.4. The second-order valence-corrected chi connectivity index (χ2v) is 13.3. The van der Waals surface area contributed by atoms with Crippen molar-refractivity contribution in [1.82, 2.24) is 14.7 Å². The number of hydrogen-bond donors (Lipinski definition) is 3.